The van der Waals surface area contributed by atoms with E-state index in [9.17, 15) is 41.0 Å². The number of carboxylic acids is 1. The maximum Gasteiger partial charge on any atom is 0.419 e. The molecule has 0 aromatic heterocycles. The van der Waals surface area contributed by atoms with Gasteiger partial charge in [-0.1, -0.05) is 26.0 Å². The van der Waals surface area contributed by atoms with Gasteiger partial charge in [-0.25, -0.2) is 4.79 Å². The summed E-state index contributed by atoms with van der Waals surface area (Å²) in [6.45, 7) is 4.51. The van der Waals surface area contributed by atoms with Gasteiger partial charge in [-0.15, -0.1) is 0 Å². The number of carboxylic acid groups (broad SMARTS) is 1. The van der Waals surface area contributed by atoms with Gasteiger partial charge in [0.05, 0.1) is 28.7 Å². The van der Waals surface area contributed by atoms with Crippen molar-refractivity contribution < 1.29 is 45.8 Å². The van der Waals surface area contributed by atoms with Gasteiger partial charge in [-0.3, -0.25) is 4.79 Å². The summed E-state index contributed by atoms with van der Waals surface area (Å²) < 4.78 is 86.7. The van der Waals surface area contributed by atoms with Crippen molar-refractivity contribution in [1.82, 2.24) is 9.80 Å². The Morgan fingerprint density at radius 1 is 1.00 bits per heavy atom. The molecule has 6 nitrogen and oxygen atoms in total. The zero-order chi connectivity index (χ0) is 31.3. The standard InChI is InChI=1S/C31H34F6N2O4/c1-18(2)29(9-6-24(15-29)38-10-7-19(8-11-38)20-4-3-5-21(12-20)27(40)41)28(42)39-16-22-13-23(30(32,33)34)14-25(31(35,36)37)26(22)43-17-39/h3-5,12-14,18-19,24H,6-11,15-17H2,1-2H3,(H,40,41)/t24-,29+/m1/s1. The molecule has 1 saturated carbocycles. The number of hydrogen-bond acceptors (Lipinski definition) is 4. The molecular weight excluding hydrogens is 578 g/mol. The molecular formula is C31H34F6N2O4. The lowest BCUT2D eigenvalue weighted by Crippen LogP contribution is -2.49. The van der Waals surface area contributed by atoms with Gasteiger partial charge in [0.15, 0.2) is 6.73 Å². The molecule has 12 heteroatoms. The van der Waals surface area contributed by atoms with E-state index < -0.39 is 53.9 Å². The first-order valence-electron chi connectivity index (χ1n) is 14.4. The lowest BCUT2D eigenvalue weighted by molar-refractivity contribution is -0.151. The number of carbonyl (C=O) groups excluding carboxylic acids is 1. The van der Waals surface area contributed by atoms with Gasteiger partial charge in [0, 0.05) is 11.6 Å². The minimum absolute atomic E-state index is 0.0551. The number of fused-ring (bicyclic) bond motifs is 1. The van der Waals surface area contributed by atoms with Gasteiger partial charge >= 0.3 is 18.3 Å². The minimum atomic E-state index is -5.05. The summed E-state index contributed by atoms with van der Waals surface area (Å²) in [4.78, 5) is 29.0. The number of amides is 1. The van der Waals surface area contributed by atoms with Crippen molar-refractivity contribution in [1.29, 1.82) is 0 Å². The van der Waals surface area contributed by atoms with E-state index in [1.54, 1.807) is 18.2 Å². The third kappa shape index (κ3) is 6.07. The van der Waals surface area contributed by atoms with Crippen LogP contribution in [-0.4, -0.2) is 52.6 Å². The van der Waals surface area contributed by atoms with Crippen molar-refractivity contribution >= 4 is 11.9 Å². The first-order chi connectivity index (χ1) is 20.1. The Morgan fingerprint density at radius 2 is 1.70 bits per heavy atom. The van der Waals surface area contributed by atoms with Gasteiger partial charge < -0.3 is 19.6 Å². The Bertz CT molecular complexity index is 1380. The molecule has 0 radical (unpaired) electrons. The number of rotatable bonds is 5. The van der Waals surface area contributed by atoms with Crippen molar-refractivity contribution in [3.8, 4) is 5.75 Å². The second kappa shape index (κ2) is 11.3. The predicted molar refractivity (Wildman–Crippen MR) is 144 cm³/mol. The van der Waals surface area contributed by atoms with Gasteiger partial charge in [0.25, 0.3) is 0 Å². The van der Waals surface area contributed by atoms with Crippen LogP contribution in [0.25, 0.3) is 0 Å². The molecule has 1 N–H and O–H groups in total. The molecule has 0 unspecified atom stereocenters. The molecule has 5 rings (SSSR count). The summed E-state index contributed by atoms with van der Waals surface area (Å²) in [6, 6.07) is 7.77. The second-order valence-electron chi connectivity index (χ2n) is 12.2. The topological polar surface area (TPSA) is 70.1 Å². The van der Waals surface area contributed by atoms with Gasteiger partial charge in [0.2, 0.25) is 5.91 Å². The zero-order valence-electron chi connectivity index (χ0n) is 23.9. The molecule has 1 aliphatic carbocycles. The van der Waals surface area contributed by atoms with Gasteiger partial charge in [-0.05, 0) is 86.9 Å². The Morgan fingerprint density at radius 3 is 2.30 bits per heavy atom. The number of carbonyl (C=O) groups is 2. The number of aromatic carboxylic acids is 1. The van der Waals surface area contributed by atoms with E-state index in [0.717, 1.165) is 37.9 Å². The van der Waals surface area contributed by atoms with Crippen LogP contribution < -0.4 is 4.74 Å². The van der Waals surface area contributed by atoms with Crippen LogP contribution in [0.1, 0.15) is 84.5 Å². The van der Waals surface area contributed by atoms with Crippen molar-refractivity contribution in [3.63, 3.8) is 0 Å². The highest BCUT2D eigenvalue weighted by Gasteiger charge is 2.51. The van der Waals surface area contributed by atoms with E-state index in [1.165, 1.54) is 4.90 Å². The fourth-order valence-corrected chi connectivity index (χ4v) is 7.04. The lowest BCUT2D eigenvalue weighted by atomic mass is 9.74. The fraction of sp³-hybridized carbons (Fsp3) is 0.548. The number of likely N-dealkylation sites (tertiary alicyclic amines) is 1. The summed E-state index contributed by atoms with van der Waals surface area (Å²) in [5, 5.41) is 9.33. The van der Waals surface area contributed by atoms with Crippen molar-refractivity contribution in [2.45, 2.75) is 76.8 Å². The number of alkyl halides is 6. The highest BCUT2D eigenvalue weighted by Crippen LogP contribution is 2.50. The SMILES string of the molecule is CC(C)[C@]1(C(=O)N2COc3c(cc(C(F)(F)F)cc3C(F)(F)F)C2)CC[C@@H](N2CCC(c3cccc(C(=O)O)c3)CC2)C1. The minimum Gasteiger partial charge on any atom is -0.478 e. The van der Waals surface area contributed by atoms with Crippen LogP contribution in [-0.2, 0) is 23.7 Å². The predicted octanol–water partition coefficient (Wildman–Crippen LogP) is 7.18. The molecule has 234 valence electrons. The number of ether oxygens (including phenoxy) is 1. The molecule has 2 aromatic rings. The zero-order valence-corrected chi connectivity index (χ0v) is 23.9. The van der Waals surface area contributed by atoms with Crippen molar-refractivity contribution in [3.05, 3.63) is 64.2 Å². The average Bonchev–Trinajstić information content (AvgIpc) is 3.42. The third-order valence-electron chi connectivity index (χ3n) is 9.52. The third-order valence-corrected chi connectivity index (χ3v) is 9.52. The fourth-order valence-electron chi connectivity index (χ4n) is 7.04. The first kappa shape index (κ1) is 31.2. The number of hydrogen-bond donors (Lipinski definition) is 1. The number of halogens is 6. The van der Waals surface area contributed by atoms with E-state index in [-0.39, 0.29) is 41.0 Å². The monoisotopic (exact) mass is 612 g/mol. The summed E-state index contributed by atoms with van der Waals surface area (Å²) in [6.07, 6.45) is -6.56. The summed E-state index contributed by atoms with van der Waals surface area (Å²) in [5.74, 6) is -1.84. The van der Waals surface area contributed by atoms with E-state index in [4.69, 9.17) is 4.74 Å². The Balaban J connectivity index is 1.30. The maximum atomic E-state index is 14.0. The van der Waals surface area contributed by atoms with E-state index in [2.05, 4.69) is 4.90 Å². The lowest BCUT2D eigenvalue weighted by Gasteiger charge is -2.41. The van der Waals surface area contributed by atoms with Crippen LogP contribution in [0, 0.1) is 11.3 Å². The van der Waals surface area contributed by atoms with Crippen LogP contribution in [0.4, 0.5) is 26.3 Å². The van der Waals surface area contributed by atoms with Crippen LogP contribution >= 0.6 is 0 Å². The molecule has 2 fully saturated rings. The molecule has 3 aliphatic rings. The van der Waals surface area contributed by atoms with Crippen molar-refractivity contribution in [2.75, 3.05) is 19.8 Å². The summed E-state index contributed by atoms with van der Waals surface area (Å²) in [5.41, 5.74) is -2.83. The molecule has 0 bridgehead atoms. The number of piperidine rings is 1. The number of nitrogens with zero attached hydrogens (tertiary/aromatic N) is 2. The first-order valence-corrected chi connectivity index (χ1v) is 14.4. The van der Waals surface area contributed by atoms with Gasteiger partial charge in [-0.2, -0.15) is 26.3 Å². The molecule has 2 heterocycles. The summed E-state index contributed by atoms with van der Waals surface area (Å²) in [7, 11) is 0. The quantitative estimate of drug-likeness (QED) is 0.363. The second-order valence-corrected chi connectivity index (χ2v) is 12.2. The summed E-state index contributed by atoms with van der Waals surface area (Å²) >= 11 is 0. The van der Waals surface area contributed by atoms with Gasteiger partial charge in [0.1, 0.15) is 5.75 Å². The number of benzene rings is 2. The van der Waals surface area contributed by atoms with Crippen LogP contribution in [0.2, 0.25) is 0 Å². The average molecular weight is 613 g/mol. The van der Waals surface area contributed by atoms with Crippen LogP contribution in [0.15, 0.2) is 36.4 Å². The van der Waals surface area contributed by atoms with E-state index in [1.807, 2.05) is 19.9 Å². The molecule has 0 spiro atoms. The Hall–Kier alpha value is -3.28. The highest BCUT2D eigenvalue weighted by atomic mass is 19.4. The molecule has 2 atom stereocenters. The smallest absolute Gasteiger partial charge is 0.419 e. The molecule has 2 aromatic carbocycles. The molecule has 1 saturated heterocycles. The Kier molecular flexibility index (Phi) is 8.21. The van der Waals surface area contributed by atoms with Crippen LogP contribution in [0.3, 0.4) is 0 Å². The normalized spacial score (nSPS) is 23.7. The molecule has 2 aliphatic heterocycles. The van der Waals surface area contributed by atoms with E-state index >= 15 is 0 Å². The van der Waals surface area contributed by atoms with E-state index in [0.29, 0.717) is 18.9 Å². The Labute approximate surface area is 245 Å². The van der Waals surface area contributed by atoms with Crippen LogP contribution in [0.5, 0.6) is 5.75 Å². The highest BCUT2D eigenvalue weighted by molar-refractivity contribution is 5.87. The largest absolute Gasteiger partial charge is 0.478 e. The molecule has 43 heavy (non-hydrogen) atoms. The van der Waals surface area contributed by atoms with Crippen molar-refractivity contribution in [2.24, 2.45) is 11.3 Å². The molecule has 1 amide bonds. The maximum absolute atomic E-state index is 14.0.